The first kappa shape index (κ1) is 18.5. The molecule has 2 aromatic rings. The number of nitrogen functional groups attached to an aromatic ring is 1. The highest BCUT2D eigenvalue weighted by atomic mass is 16.6. The van der Waals surface area contributed by atoms with Crippen molar-refractivity contribution < 1.29 is 19.7 Å². The molecule has 24 heavy (non-hydrogen) atoms. The van der Waals surface area contributed by atoms with Crippen LogP contribution in [0.2, 0.25) is 0 Å². The highest BCUT2D eigenvalue weighted by molar-refractivity contribution is 5.75. The molecule has 0 fully saturated rings. The molecule has 0 amide bonds. The van der Waals surface area contributed by atoms with Crippen LogP contribution >= 0.6 is 0 Å². The first-order valence-electron chi connectivity index (χ1n) is 6.45. The first-order valence-corrected chi connectivity index (χ1v) is 6.45. The van der Waals surface area contributed by atoms with E-state index in [1.807, 2.05) is 6.07 Å². The second-order valence-corrected chi connectivity index (χ2v) is 4.52. The average molecular weight is 334 g/mol. The summed E-state index contributed by atoms with van der Waals surface area (Å²) in [7, 11) is 0. The summed E-state index contributed by atoms with van der Waals surface area (Å²) < 4.78 is 0. The van der Waals surface area contributed by atoms with E-state index in [0.717, 1.165) is 18.2 Å². The molecule has 5 N–H and O–H groups in total. The smallest absolute Gasteiger partial charge is 0.325 e. The van der Waals surface area contributed by atoms with Crippen molar-refractivity contribution in [2.75, 3.05) is 5.73 Å². The predicted molar refractivity (Wildman–Crippen MR) is 85.2 cm³/mol. The zero-order valence-electron chi connectivity index (χ0n) is 12.2. The van der Waals surface area contributed by atoms with E-state index in [1.54, 1.807) is 24.3 Å². The Hall–Kier alpha value is -3.53. The van der Waals surface area contributed by atoms with Crippen LogP contribution in [-0.4, -0.2) is 20.9 Å². The van der Waals surface area contributed by atoms with Gasteiger partial charge in [0.05, 0.1) is 15.9 Å². The molecular weight excluding hydrogens is 320 g/mol. The van der Waals surface area contributed by atoms with E-state index in [-0.39, 0.29) is 17.1 Å². The SMILES string of the molecule is N[C@@H](C(=O)O)c1ccccc1.Nc1cc([N+](=O)[O-])cc([N+](=O)[O-])c1. The maximum atomic E-state index is 10.4. The van der Waals surface area contributed by atoms with Crippen molar-refractivity contribution in [2.45, 2.75) is 6.04 Å². The number of hydrogen-bond acceptors (Lipinski definition) is 7. The molecule has 0 heterocycles. The summed E-state index contributed by atoms with van der Waals surface area (Å²) >= 11 is 0. The van der Waals surface area contributed by atoms with Gasteiger partial charge < -0.3 is 16.6 Å². The Morgan fingerprint density at radius 2 is 1.46 bits per heavy atom. The van der Waals surface area contributed by atoms with Crippen LogP contribution in [0.5, 0.6) is 0 Å². The van der Waals surface area contributed by atoms with E-state index in [2.05, 4.69) is 0 Å². The number of benzene rings is 2. The summed E-state index contributed by atoms with van der Waals surface area (Å²) in [5, 5.41) is 29.0. The molecule has 0 unspecified atom stereocenters. The second-order valence-electron chi connectivity index (χ2n) is 4.52. The highest BCUT2D eigenvalue weighted by Gasteiger charge is 2.14. The number of nitro groups is 2. The van der Waals surface area contributed by atoms with Gasteiger partial charge in [-0.15, -0.1) is 0 Å². The van der Waals surface area contributed by atoms with E-state index < -0.39 is 21.9 Å². The Bertz CT molecular complexity index is 718. The normalized spacial score (nSPS) is 10.9. The molecule has 0 bridgehead atoms. The van der Waals surface area contributed by atoms with Crippen molar-refractivity contribution in [1.29, 1.82) is 0 Å². The van der Waals surface area contributed by atoms with Crippen molar-refractivity contribution in [3.05, 3.63) is 74.3 Å². The number of carbonyl (C=O) groups is 1. The lowest BCUT2D eigenvalue weighted by atomic mass is 10.1. The third-order valence-corrected chi connectivity index (χ3v) is 2.77. The maximum absolute atomic E-state index is 10.4. The van der Waals surface area contributed by atoms with Crippen LogP contribution in [0, 0.1) is 20.2 Å². The molecule has 0 aliphatic heterocycles. The van der Waals surface area contributed by atoms with Gasteiger partial charge in [-0.3, -0.25) is 25.0 Å². The monoisotopic (exact) mass is 334 g/mol. The number of nitrogens with two attached hydrogens (primary N) is 2. The maximum Gasteiger partial charge on any atom is 0.325 e. The molecule has 0 saturated heterocycles. The van der Waals surface area contributed by atoms with Crippen molar-refractivity contribution in [1.82, 2.24) is 0 Å². The largest absolute Gasteiger partial charge is 0.480 e. The number of nitro benzene ring substituents is 2. The summed E-state index contributed by atoms with van der Waals surface area (Å²) in [4.78, 5) is 29.4. The number of hydrogen-bond donors (Lipinski definition) is 3. The number of non-ortho nitro benzene ring substituents is 2. The number of aliphatic carboxylic acids is 1. The zero-order valence-corrected chi connectivity index (χ0v) is 12.2. The van der Waals surface area contributed by atoms with Gasteiger partial charge in [-0.2, -0.15) is 0 Å². The van der Waals surface area contributed by atoms with Crippen LogP contribution in [0.1, 0.15) is 11.6 Å². The van der Waals surface area contributed by atoms with E-state index in [4.69, 9.17) is 16.6 Å². The first-order chi connectivity index (χ1) is 11.2. The van der Waals surface area contributed by atoms with Crippen LogP contribution in [0.4, 0.5) is 17.1 Å². The molecule has 10 heteroatoms. The molecule has 126 valence electrons. The van der Waals surface area contributed by atoms with E-state index in [0.29, 0.717) is 5.56 Å². The zero-order chi connectivity index (χ0) is 18.3. The molecule has 0 spiro atoms. The summed E-state index contributed by atoms with van der Waals surface area (Å²) in [6.07, 6.45) is 0. The summed E-state index contributed by atoms with van der Waals surface area (Å²) in [5.74, 6) is -1.00. The second kappa shape index (κ2) is 8.19. The van der Waals surface area contributed by atoms with Crippen molar-refractivity contribution in [3.63, 3.8) is 0 Å². The minimum Gasteiger partial charge on any atom is -0.480 e. The average Bonchev–Trinajstić information content (AvgIpc) is 2.54. The van der Waals surface area contributed by atoms with Crippen molar-refractivity contribution in [3.8, 4) is 0 Å². The molecule has 10 nitrogen and oxygen atoms in total. The lowest BCUT2D eigenvalue weighted by molar-refractivity contribution is -0.394. The molecule has 0 aromatic heterocycles. The minimum absolute atomic E-state index is 0.000833. The number of anilines is 1. The predicted octanol–water partition coefficient (Wildman–Crippen LogP) is 1.86. The van der Waals surface area contributed by atoms with Crippen LogP contribution in [0.25, 0.3) is 0 Å². The van der Waals surface area contributed by atoms with Gasteiger partial charge >= 0.3 is 5.97 Å². The van der Waals surface area contributed by atoms with Crippen molar-refractivity contribution in [2.24, 2.45) is 5.73 Å². The van der Waals surface area contributed by atoms with Gasteiger partial charge in [-0.25, -0.2) is 0 Å². The Morgan fingerprint density at radius 3 is 1.83 bits per heavy atom. The van der Waals surface area contributed by atoms with Crippen LogP contribution in [0.15, 0.2) is 48.5 Å². The van der Waals surface area contributed by atoms with Gasteiger partial charge in [0.1, 0.15) is 6.04 Å². The third-order valence-electron chi connectivity index (χ3n) is 2.77. The molecule has 0 aliphatic rings. The molecular formula is C14H14N4O6. The molecule has 0 radical (unpaired) electrons. The van der Waals surface area contributed by atoms with Gasteiger partial charge in [0.2, 0.25) is 0 Å². The van der Waals surface area contributed by atoms with Gasteiger partial charge in [0, 0.05) is 17.8 Å². The lowest BCUT2D eigenvalue weighted by Gasteiger charge is -2.04. The Morgan fingerprint density at radius 1 is 1.00 bits per heavy atom. The lowest BCUT2D eigenvalue weighted by Crippen LogP contribution is -2.20. The fourth-order valence-electron chi connectivity index (χ4n) is 1.63. The van der Waals surface area contributed by atoms with Crippen LogP contribution in [-0.2, 0) is 4.79 Å². The van der Waals surface area contributed by atoms with Crippen LogP contribution in [0.3, 0.4) is 0 Å². The molecule has 2 rings (SSSR count). The topological polar surface area (TPSA) is 176 Å². The molecule has 0 aliphatic carbocycles. The quantitative estimate of drug-likeness (QED) is 0.431. The molecule has 1 atom stereocenters. The Labute approximate surface area is 135 Å². The van der Waals surface area contributed by atoms with Gasteiger partial charge in [0.15, 0.2) is 0 Å². The number of nitrogens with zero attached hydrogens (tertiary/aromatic N) is 2. The fraction of sp³-hybridized carbons (Fsp3) is 0.0714. The number of carboxylic acid groups (broad SMARTS) is 1. The van der Waals surface area contributed by atoms with Crippen molar-refractivity contribution >= 4 is 23.0 Å². The van der Waals surface area contributed by atoms with Gasteiger partial charge in [0.25, 0.3) is 11.4 Å². The van der Waals surface area contributed by atoms with Gasteiger partial charge in [-0.1, -0.05) is 30.3 Å². The fourth-order valence-corrected chi connectivity index (χ4v) is 1.63. The minimum atomic E-state index is -1.00. The molecule has 0 saturated carbocycles. The van der Waals surface area contributed by atoms with Gasteiger partial charge in [-0.05, 0) is 5.56 Å². The third kappa shape index (κ3) is 5.35. The molecule has 2 aromatic carbocycles. The van der Waals surface area contributed by atoms with Crippen LogP contribution < -0.4 is 11.5 Å². The summed E-state index contributed by atoms with van der Waals surface area (Å²) in [6.45, 7) is 0. The Kier molecular flexibility index (Phi) is 6.32. The summed E-state index contributed by atoms with van der Waals surface area (Å²) in [6, 6.07) is 10.8. The van der Waals surface area contributed by atoms with E-state index in [1.165, 1.54) is 0 Å². The number of carboxylic acids is 1. The van der Waals surface area contributed by atoms with E-state index >= 15 is 0 Å². The number of rotatable bonds is 4. The standard InChI is InChI=1S/C8H9NO2.C6H5N3O4/c9-7(8(10)11)6-4-2-1-3-5-6;7-4-1-5(8(10)11)3-6(2-4)9(12)13/h1-5,7H,9H2,(H,10,11);1-3H,7H2/t7-;/m1./s1. The summed E-state index contributed by atoms with van der Waals surface area (Å²) in [5.41, 5.74) is 10.4. The highest BCUT2D eigenvalue weighted by Crippen LogP contribution is 2.23. The van der Waals surface area contributed by atoms with E-state index in [9.17, 15) is 25.0 Å². The Balaban J connectivity index is 0.000000243.